The molecule has 1 unspecified atom stereocenters. The third-order valence-electron chi connectivity index (χ3n) is 8.91. The molecule has 0 fully saturated rings. The standard InChI is InChI=1S/C48H82NO8P/c1-6-8-10-12-14-16-18-20-22-23-24-25-27-29-31-33-35-37-39-41-48(51)57-46(45-56-58(52,53)55-43-42-49(3,4)5)44-54-47(50)40-38-36-34-32-30-28-26-21-19-17-15-13-11-9-7-2/h8,10,14,16,20-22,24-26,29,31,35,37,46H,6-7,9,11-13,15,17-19,23,27-28,30,32-34,36,38-45H2,1-5H3/b10-8+,16-14+,22-20+,25-24+,26-21+,31-29+,37-35+/t46-/m1/s1. The molecule has 2 atom stereocenters. The zero-order valence-electron chi connectivity index (χ0n) is 37.2. The summed E-state index contributed by atoms with van der Waals surface area (Å²) in [5.41, 5.74) is 0. The molecule has 0 saturated carbocycles. The molecule has 9 nitrogen and oxygen atoms in total. The molecular weight excluding hydrogens is 750 g/mol. The molecule has 0 aromatic rings. The Balaban J connectivity index is 4.52. The highest BCUT2D eigenvalue weighted by atomic mass is 31.2. The summed E-state index contributed by atoms with van der Waals surface area (Å²) >= 11 is 0. The minimum atomic E-state index is -4.65. The lowest BCUT2D eigenvalue weighted by Gasteiger charge is -2.28. The number of phosphoric ester groups is 1. The number of nitrogens with zero attached hydrogens (tertiary/aromatic N) is 1. The topological polar surface area (TPSA) is 111 Å². The van der Waals surface area contributed by atoms with Gasteiger partial charge in [-0.15, -0.1) is 0 Å². The van der Waals surface area contributed by atoms with E-state index in [4.69, 9.17) is 18.5 Å². The summed E-state index contributed by atoms with van der Waals surface area (Å²) in [6, 6.07) is 0. The number of hydrogen-bond donors (Lipinski definition) is 0. The summed E-state index contributed by atoms with van der Waals surface area (Å²) < 4.78 is 33.8. The van der Waals surface area contributed by atoms with Crippen molar-refractivity contribution in [2.75, 3.05) is 47.5 Å². The van der Waals surface area contributed by atoms with Crippen molar-refractivity contribution in [2.24, 2.45) is 0 Å². The number of esters is 2. The van der Waals surface area contributed by atoms with E-state index < -0.39 is 32.5 Å². The molecule has 332 valence electrons. The molecule has 0 radical (unpaired) electrons. The van der Waals surface area contributed by atoms with Gasteiger partial charge in [0.1, 0.15) is 19.8 Å². The van der Waals surface area contributed by atoms with Crippen LogP contribution in [0.1, 0.15) is 155 Å². The quantitative estimate of drug-likeness (QED) is 0.0198. The third kappa shape index (κ3) is 42.8. The predicted molar refractivity (Wildman–Crippen MR) is 240 cm³/mol. The molecule has 0 bridgehead atoms. The molecule has 0 aliphatic rings. The van der Waals surface area contributed by atoms with Crippen molar-refractivity contribution in [1.29, 1.82) is 0 Å². The Morgan fingerprint density at radius 1 is 0.552 bits per heavy atom. The number of hydrogen-bond acceptors (Lipinski definition) is 8. The first-order valence-corrected chi connectivity index (χ1v) is 23.8. The summed E-state index contributed by atoms with van der Waals surface area (Å²) in [6.07, 6.45) is 50.5. The van der Waals surface area contributed by atoms with Crippen molar-refractivity contribution in [2.45, 2.75) is 161 Å². The lowest BCUT2D eigenvalue weighted by molar-refractivity contribution is -0.870. The molecule has 0 amide bonds. The highest BCUT2D eigenvalue weighted by molar-refractivity contribution is 7.45. The van der Waals surface area contributed by atoms with E-state index in [1.54, 1.807) is 0 Å². The number of unbranched alkanes of at least 4 members (excludes halogenated alkanes) is 11. The molecule has 0 aromatic carbocycles. The smallest absolute Gasteiger partial charge is 0.306 e. The minimum Gasteiger partial charge on any atom is -0.756 e. The molecule has 0 heterocycles. The van der Waals surface area contributed by atoms with Crippen molar-refractivity contribution in [3.8, 4) is 0 Å². The first-order valence-electron chi connectivity index (χ1n) is 22.3. The zero-order chi connectivity index (χ0) is 42.8. The van der Waals surface area contributed by atoms with Crippen molar-refractivity contribution in [3.63, 3.8) is 0 Å². The van der Waals surface area contributed by atoms with Crippen molar-refractivity contribution < 1.29 is 42.1 Å². The van der Waals surface area contributed by atoms with Crippen LogP contribution < -0.4 is 4.89 Å². The van der Waals surface area contributed by atoms with Crippen LogP contribution in [0.25, 0.3) is 0 Å². The Bertz CT molecular complexity index is 1260. The lowest BCUT2D eigenvalue weighted by atomic mass is 10.1. The Kier molecular flexibility index (Phi) is 37.7. The summed E-state index contributed by atoms with van der Waals surface area (Å²) in [5, 5.41) is 0. The SMILES string of the molecule is CC/C=C/C/C=C/C/C=C/C/C=C/C/C=C/C/C=C/CCC(=O)O[C@H](COC(=O)CCCCCCC/C=C/CCCCCCCC)COP(=O)([O-])OCC[N+](C)(C)C. The first-order chi connectivity index (χ1) is 28.0. The second-order valence-corrected chi connectivity index (χ2v) is 17.1. The minimum absolute atomic E-state index is 0.0500. The fourth-order valence-electron chi connectivity index (χ4n) is 5.44. The summed E-state index contributed by atoms with van der Waals surface area (Å²) in [4.78, 5) is 37.5. The highest BCUT2D eigenvalue weighted by Gasteiger charge is 2.21. The number of rotatable bonds is 39. The third-order valence-corrected chi connectivity index (χ3v) is 9.88. The second kappa shape index (κ2) is 39.6. The van der Waals surface area contributed by atoms with E-state index >= 15 is 0 Å². The number of allylic oxidation sites excluding steroid dienone is 14. The van der Waals surface area contributed by atoms with E-state index in [2.05, 4.69) is 86.8 Å². The lowest BCUT2D eigenvalue weighted by Crippen LogP contribution is -2.37. The van der Waals surface area contributed by atoms with Crippen LogP contribution in [0, 0.1) is 0 Å². The number of carbonyl (C=O) groups excluding carboxylic acids is 2. The molecule has 10 heteroatoms. The van der Waals surface area contributed by atoms with Crippen LogP contribution in [0.3, 0.4) is 0 Å². The summed E-state index contributed by atoms with van der Waals surface area (Å²) in [6.45, 7) is 3.99. The monoisotopic (exact) mass is 832 g/mol. The van der Waals surface area contributed by atoms with E-state index in [0.717, 1.165) is 70.6 Å². The fourth-order valence-corrected chi connectivity index (χ4v) is 6.17. The van der Waals surface area contributed by atoms with Gasteiger partial charge >= 0.3 is 11.9 Å². The molecular formula is C48H82NO8P. The number of carbonyl (C=O) groups is 2. The highest BCUT2D eigenvalue weighted by Crippen LogP contribution is 2.38. The Hall–Kier alpha value is -2.81. The van der Waals surface area contributed by atoms with Gasteiger partial charge in [0.05, 0.1) is 27.7 Å². The van der Waals surface area contributed by atoms with Gasteiger partial charge in [-0.1, -0.05) is 150 Å². The van der Waals surface area contributed by atoms with Crippen LogP contribution in [0.5, 0.6) is 0 Å². The molecule has 0 aromatic heterocycles. The number of quaternary nitrogens is 1. The number of phosphoric acid groups is 1. The Morgan fingerprint density at radius 2 is 1.02 bits per heavy atom. The normalized spacial score (nSPS) is 14.4. The van der Waals surface area contributed by atoms with Gasteiger partial charge in [-0.05, 0) is 77.0 Å². The Labute approximate surface area is 354 Å². The molecule has 0 aliphatic carbocycles. The van der Waals surface area contributed by atoms with Crippen molar-refractivity contribution >= 4 is 19.8 Å². The van der Waals surface area contributed by atoms with Crippen LogP contribution in [0.15, 0.2) is 85.1 Å². The maximum absolute atomic E-state index is 12.6. The van der Waals surface area contributed by atoms with Gasteiger partial charge in [0.15, 0.2) is 6.10 Å². The van der Waals surface area contributed by atoms with Gasteiger partial charge in [0.2, 0.25) is 0 Å². The van der Waals surface area contributed by atoms with Crippen LogP contribution >= 0.6 is 7.82 Å². The van der Waals surface area contributed by atoms with Crippen LogP contribution in [-0.2, 0) is 32.7 Å². The van der Waals surface area contributed by atoms with Gasteiger partial charge in [-0.25, -0.2) is 0 Å². The van der Waals surface area contributed by atoms with E-state index in [1.807, 2.05) is 33.3 Å². The van der Waals surface area contributed by atoms with E-state index in [0.29, 0.717) is 23.9 Å². The van der Waals surface area contributed by atoms with Crippen molar-refractivity contribution in [3.05, 3.63) is 85.1 Å². The largest absolute Gasteiger partial charge is 0.756 e. The molecule has 0 saturated heterocycles. The maximum Gasteiger partial charge on any atom is 0.306 e. The van der Waals surface area contributed by atoms with Gasteiger partial charge in [-0.2, -0.15) is 0 Å². The van der Waals surface area contributed by atoms with Crippen LogP contribution in [0.2, 0.25) is 0 Å². The average Bonchev–Trinajstić information content (AvgIpc) is 3.17. The van der Waals surface area contributed by atoms with Crippen LogP contribution in [0.4, 0.5) is 0 Å². The number of ether oxygens (including phenoxy) is 2. The summed E-state index contributed by atoms with van der Waals surface area (Å²) in [5.74, 6) is -0.950. The molecule has 0 rings (SSSR count). The zero-order valence-corrected chi connectivity index (χ0v) is 38.1. The van der Waals surface area contributed by atoms with E-state index in [-0.39, 0.29) is 26.1 Å². The van der Waals surface area contributed by atoms with Gasteiger partial charge in [0, 0.05) is 12.8 Å². The van der Waals surface area contributed by atoms with Gasteiger partial charge < -0.3 is 27.9 Å². The van der Waals surface area contributed by atoms with E-state index in [1.165, 1.54) is 44.9 Å². The van der Waals surface area contributed by atoms with E-state index in [9.17, 15) is 19.0 Å². The van der Waals surface area contributed by atoms with Crippen molar-refractivity contribution in [1.82, 2.24) is 0 Å². The predicted octanol–water partition coefficient (Wildman–Crippen LogP) is 12.2. The molecule has 0 N–H and O–H groups in total. The first kappa shape index (κ1) is 55.2. The fraction of sp³-hybridized carbons (Fsp3) is 0.667. The van der Waals surface area contributed by atoms with Gasteiger partial charge in [-0.3, -0.25) is 14.2 Å². The Morgan fingerprint density at radius 3 is 1.53 bits per heavy atom. The van der Waals surface area contributed by atoms with Gasteiger partial charge in [0.25, 0.3) is 7.82 Å². The number of likely N-dealkylation sites (N-methyl/N-ethyl adjacent to an activating group) is 1. The molecule has 0 aliphatic heterocycles. The maximum atomic E-state index is 12.6. The van der Waals surface area contributed by atoms with Crippen LogP contribution in [-0.4, -0.2) is 70.0 Å². The molecule has 0 spiro atoms. The molecule has 58 heavy (non-hydrogen) atoms. The summed E-state index contributed by atoms with van der Waals surface area (Å²) in [7, 11) is 1.10. The second-order valence-electron chi connectivity index (χ2n) is 15.7. The average molecular weight is 832 g/mol.